The minimum Gasteiger partial charge on any atom is -0.493 e. The molecule has 0 unspecified atom stereocenters. The van der Waals surface area contributed by atoms with E-state index < -0.39 is 5.97 Å². The molecule has 0 radical (unpaired) electrons. The summed E-state index contributed by atoms with van der Waals surface area (Å²) in [5, 5.41) is 8.62. The Labute approximate surface area is 131 Å². The lowest BCUT2D eigenvalue weighted by Crippen LogP contribution is -1.96. The summed E-state index contributed by atoms with van der Waals surface area (Å²) in [6.45, 7) is 0.401. The fourth-order valence-corrected chi connectivity index (χ4v) is 2.65. The zero-order valence-corrected chi connectivity index (χ0v) is 12.8. The Morgan fingerprint density at radius 3 is 2.76 bits per heavy atom. The fraction of sp³-hybridized carbons (Fsp3) is 0.133. The maximum atomic E-state index is 10.5. The minimum atomic E-state index is -0.996. The van der Waals surface area contributed by atoms with Gasteiger partial charge in [0.15, 0.2) is 11.5 Å². The van der Waals surface area contributed by atoms with Crippen LogP contribution in [0.4, 0.5) is 0 Å². The average molecular weight is 325 g/mol. The third-order valence-corrected chi connectivity index (χ3v) is 3.81. The molecular weight excluding hydrogens is 312 g/mol. The minimum absolute atomic E-state index is 0.401. The van der Waals surface area contributed by atoms with E-state index in [4.69, 9.17) is 26.2 Å². The van der Waals surface area contributed by atoms with Gasteiger partial charge in [-0.3, -0.25) is 0 Å². The van der Waals surface area contributed by atoms with Crippen molar-refractivity contribution in [2.45, 2.75) is 6.61 Å². The number of methoxy groups -OCH3 is 1. The van der Waals surface area contributed by atoms with E-state index in [1.165, 1.54) is 24.5 Å². The number of carboxylic acids is 1. The second-order valence-corrected chi connectivity index (χ2v) is 5.88. The van der Waals surface area contributed by atoms with Crippen molar-refractivity contribution in [2.75, 3.05) is 7.11 Å². The van der Waals surface area contributed by atoms with Gasteiger partial charge in [-0.2, -0.15) is 0 Å². The smallest absolute Gasteiger partial charge is 0.328 e. The molecule has 0 fully saturated rings. The zero-order valence-electron chi connectivity index (χ0n) is 11.2. The van der Waals surface area contributed by atoms with Crippen molar-refractivity contribution in [1.29, 1.82) is 0 Å². The molecule has 0 saturated heterocycles. The third kappa shape index (κ3) is 4.51. The standard InChI is InChI=1S/C15H13ClO4S/c1-19-13-8-10(3-7-15(17)18)2-5-12(13)20-9-11-4-6-14(16)21-11/h2-8H,9H2,1H3,(H,17,18)/b7-3+. The van der Waals surface area contributed by atoms with Gasteiger partial charge in [0.2, 0.25) is 0 Å². The maximum absolute atomic E-state index is 10.5. The second-order valence-electron chi connectivity index (χ2n) is 4.08. The van der Waals surface area contributed by atoms with E-state index in [0.29, 0.717) is 18.1 Å². The van der Waals surface area contributed by atoms with Crippen LogP contribution in [-0.4, -0.2) is 18.2 Å². The topological polar surface area (TPSA) is 55.8 Å². The van der Waals surface area contributed by atoms with E-state index in [-0.39, 0.29) is 0 Å². The highest BCUT2D eigenvalue weighted by molar-refractivity contribution is 7.16. The highest BCUT2D eigenvalue weighted by Gasteiger charge is 2.06. The number of benzene rings is 1. The van der Waals surface area contributed by atoms with Crippen LogP contribution in [0.15, 0.2) is 36.4 Å². The van der Waals surface area contributed by atoms with Gasteiger partial charge in [0, 0.05) is 11.0 Å². The first-order chi connectivity index (χ1) is 10.1. The molecular formula is C15H13ClO4S. The molecule has 0 saturated carbocycles. The summed E-state index contributed by atoms with van der Waals surface area (Å²) < 4.78 is 11.7. The van der Waals surface area contributed by atoms with Gasteiger partial charge in [-0.1, -0.05) is 17.7 Å². The Balaban J connectivity index is 2.10. The SMILES string of the molecule is COc1cc(/C=C/C(=O)O)ccc1OCc1ccc(Cl)s1. The van der Waals surface area contributed by atoms with Crippen molar-refractivity contribution in [1.82, 2.24) is 0 Å². The van der Waals surface area contributed by atoms with Gasteiger partial charge in [0.25, 0.3) is 0 Å². The van der Waals surface area contributed by atoms with Crippen LogP contribution in [0.1, 0.15) is 10.4 Å². The molecule has 110 valence electrons. The molecule has 0 aliphatic carbocycles. The predicted molar refractivity (Wildman–Crippen MR) is 83.3 cm³/mol. The number of carboxylic acid groups (broad SMARTS) is 1. The van der Waals surface area contributed by atoms with Crippen molar-refractivity contribution in [3.8, 4) is 11.5 Å². The Hall–Kier alpha value is -1.98. The first kappa shape index (κ1) is 15.4. The largest absolute Gasteiger partial charge is 0.493 e. The molecule has 0 bridgehead atoms. The number of aliphatic carboxylic acids is 1. The van der Waals surface area contributed by atoms with Gasteiger partial charge >= 0.3 is 5.97 Å². The molecule has 4 nitrogen and oxygen atoms in total. The molecule has 1 aromatic heterocycles. The van der Waals surface area contributed by atoms with E-state index in [2.05, 4.69) is 0 Å². The summed E-state index contributed by atoms with van der Waals surface area (Å²) in [5.74, 6) is 0.142. The van der Waals surface area contributed by atoms with Gasteiger partial charge in [-0.05, 0) is 35.9 Å². The highest BCUT2D eigenvalue weighted by Crippen LogP contribution is 2.30. The van der Waals surface area contributed by atoms with Crippen molar-refractivity contribution in [3.63, 3.8) is 0 Å². The van der Waals surface area contributed by atoms with E-state index in [0.717, 1.165) is 20.9 Å². The van der Waals surface area contributed by atoms with Gasteiger partial charge < -0.3 is 14.6 Å². The van der Waals surface area contributed by atoms with Crippen LogP contribution in [0.3, 0.4) is 0 Å². The maximum Gasteiger partial charge on any atom is 0.328 e. The van der Waals surface area contributed by atoms with Crippen molar-refractivity contribution in [2.24, 2.45) is 0 Å². The summed E-state index contributed by atoms with van der Waals surface area (Å²) >= 11 is 7.32. The van der Waals surface area contributed by atoms with E-state index in [1.807, 2.05) is 12.1 Å². The van der Waals surface area contributed by atoms with Crippen molar-refractivity contribution in [3.05, 3.63) is 51.2 Å². The van der Waals surface area contributed by atoms with E-state index >= 15 is 0 Å². The molecule has 1 heterocycles. The number of ether oxygens (including phenoxy) is 2. The monoisotopic (exact) mass is 324 g/mol. The van der Waals surface area contributed by atoms with E-state index in [9.17, 15) is 4.79 Å². The fourth-order valence-electron chi connectivity index (χ4n) is 1.65. The van der Waals surface area contributed by atoms with Crippen LogP contribution < -0.4 is 9.47 Å². The number of rotatable bonds is 6. The molecule has 21 heavy (non-hydrogen) atoms. The number of hydrogen-bond donors (Lipinski definition) is 1. The molecule has 0 aliphatic heterocycles. The molecule has 1 N–H and O–H groups in total. The first-order valence-electron chi connectivity index (χ1n) is 6.04. The number of carbonyl (C=O) groups is 1. The summed E-state index contributed by atoms with van der Waals surface area (Å²) in [7, 11) is 1.54. The van der Waals surface area contributed by atoms with Crippen LogP contribution in [0.25, 0.3) is 6.08 Å². The average Bonchev–Trinajstić information content (AvgIpc) is 2.88. The van der Waals surface area contributed by atoms with Crippen LogP contribution in [0.5, 0.6) is 11.5 Å². The van der Waals surface area contributed by atoms with Gasteiger partial charge in [-0.25, -0.2) is 4.79 Å². The molecule has 0 aliphatic rings. The van der Waals surface area contributed by atoms with Crippen LogP contribution in [0, 0.1) is 0 Å². The van der Waals surface area contributed by atoms with Gasteiger partial charge in [0.1, 0.15) is 6.61 Å². The predicted octanol–water partition coefficient (Wildman–Crippen LogP) is 4.09. The number of halogens is 1. The molecule has 0 spiro atoms. The first-order valence-corrected chi connectivity index (χ1v) is 7.24. The molecule has 2 aromatic rings. The van der Waals surface area contributed by atoms with Crippen LogP contribution in [-0.2, 0) is 11.4 Å². The number of thiophene rings is 1. The lowest BCUT2D eigenvalue weighted by molar-refractivity contribution is -0.131. The Morgan fingerprint density at radius 1 is 1.33 bits per heavy atom. The second kappa shape index (κ2) is 7.15. The van der Waals surface area contributed by atoms with Crippen LogP contribution in [0.2, 0.25) is 4.34 Å². The Bertz CT molecular complexity index is 663. The molecule has 0 atom stereocenters. The lowest BCUT2D eigenvalue weighted by Gasteiger charge is -2.10. The van der Waals surface area contributed by atoms with Gasteiger partial charge in [-0.15, -0.1) is 11.3 Å². The van der Waals surface area contributed by atoms with Gasteiger partial charge in [0.05, 0.1) is 11.4 Å². The van der Waals surface area contributed by atoms with Crippen molar-refractivity contribution < 1.29 is 19.4 Å². The molecule has 6 heteroatoms. The molecule has 2 rings (SSSR count). The highest BCUT2D eigenvalue weighted by atomic mass is 35.5. The normalized spacial score (nSPS) is 10.8. The number of hydrogen-bond acceptors (Lipinski definition) is 4. The summed E-state index contributed by atoms with van der Waals surface area (Å²) in [4.78, 5) is 11.5. The lowest BCUT2D eigenvalue weighted by atomic mass is 10.2. The Kier molecular flexibility index (Phi) is 5.25. The summed E-state index contributed by atoms with van der Waals surface area (Å²) in [6.07, 6.45) is 2.57. The third-order valence-electron chi connectivity index (χ3n) is 2.60. The van der Waals surface area contributed by atoms with Crippen molar-refractivity contribution >= 4 is 35.0 Å². The molecule has 1 aromatic carbocycles. The Morgan fingerprint density at radius 2 is 2.14 bits per heavy atom. The zero-order chi connectivity index (χ0) is 15.2. The molecule has 0 amide bonds. The summed E-state index contributed by atoms with van der Waals surface area (Å²) in [6, 6.07) is 8.95. The summed E-state index contributed by atoms with van der Waals surface area (Å²) in [5.41, 5.74) is 0.723. The van der Waals surface area contributed by atoms with E-state index in [1.54, 1.807) is 18.2 Å². The quantitative estimate of drug-likeness (QED) is 0.813. The van der Waals surface area contributed by atoms with Crippen LogP contribution >= 0.6 is 22.9 Å².